The molecule has 0 aliphatic heterocycles. The average Bonchev–Trinajstić information content (AvgIpc) is 2.83. The van der Waals surface area contributed by atoms with Crippen LogP contribution < -0.4 is 11.1 Å². The first-order valence-electron chi connectivity index (χ1n) is 6.72. The molecule has 0 saturated carbocycles. The van der Waals surface area contributed by atoms with E-state index in [0.29, 0.717) is 0 Å². The molecule has 1 heterocycles. The molecule has 1 aromatic heterocycles. The number of benzene rings is 1. The number of carbonyl (C=O) groups is 3. The Bertz CT molecular complexity index is 851. The Labute approximate surface area is 135 Å². The molecule has 0 aliphatic carbocycles. The Balaban J connectivity index is 2.35. The second-order valence-electron chi connectivity index (χ2n) is 4.92. The number of non-ortho nitro benzene ring substituents is 1. The van der Waals surface area contributed by atoms with Crippen LogP contribution in [0.2, 0.25) is 0 Å². The van der Waals surface area contributed by atoms with Crippen LogP contribution in [0.3, 0.4) is 0 Å². The van der Waals surface area contributed by atoms with Crippen molar-refractivity contribution in [3.63, 3.8) is 0 Å². The maximum atomic E-state index is 12.2. The van der Waals surface area contributed by atoms with Crippen molar-refractivity contribution >= 4 is 29.2 Å². The summed E-state index contributed by atoms with van der Waals surface area (Å²) in [6, 6.07) is 4.83. The summed E-state index contributed by atoms with van der Waals surface area (Å²) >= 11 is 0. The summed E-state index contributed by atoms with van der Waals surface area (Å²) in [7, 11) is 0. The summed E-state index contributed by atoms with van der Waals surface area (Å²) in [5, 5.41) is 12.9. The maximum absolute atomic E-state index is 12.2. The summed E-state index contributed by atoms with van der Waals surface area (Å²) in [4.78, 5) is 45.4. The number of nitro groups is 1. The Kier molecular flexibility index (Phi) is 4.45. The van der Waals surface area contributed by atoms with Crippen molar-refractivity contribution in [3.8, 4) is 0 Å². The topological polar surface area (TPSA) is 146 Å². The van der Waals surface area contributed by atoms with Crippen molar-refractivity contribution < 1.29 is 23.7 Å². The maximum Gasteiger partial charge on any atom is 0.269 e. The van der Waals surface area contributed by atoms with Crippen LogP contribution in [0.15, 0.2) is 28.7 Å². The van der Waals surface area contributed by atoms with Crippen molar-refractivity contribution in [2.45, 2.75) is 13.8 Å². The van der Waals surface area contributed by atoms with E-state index in [1.807, 2.05) is 0 Å². The van der Waals surface area contributed by atoms with Crippen LogP contribution in [0.5, 0.6) is 0 Å². The average molecular weight is 331 g/mol. The minimum Gasteiger partial charge on any atom is -0.444 e. The number of nitrogens with two attached hydrogens (primary N) is 1. The fourth-order valence-electron chi connectivity index (χ4n) is 2.20. The standard InChI is InChI=1S/C15H13N3O6/c1-7(19)11-8(2)24-15(12(11)13(16)20)17-14(21)9-3-5-10(6-4-9)18(22)23/h3-6H,1-2H3,(H2,16,20)(H,17,21). The molecule has 2 rings (SSSR count). The van der Waals surface area contributed by atoms with Crippen LogP contribution in [0.4, 0.5) is 11.6 Å². The molecule has 2 aromatic rings. The monoisotopic (exact) mass is 331 g/mol. The molecule has 9 nitrogen and oxygen atoms in total. The Morgan fingerprint density at radius 3 is 2.21 bits per heavy atom. The molecule has 3 N–H and O–H groups in total. The molecule has 2 amide bonds. The molecule has 124 valence electrons. The highest BCUT2D eigenvalue weighted by Crippen LogP contribution is 2.27. The number of hydrogen-bond donors (Lipinski definition) is 2. The lowest BCUT2D eigenvalue weighted by atomic mass is 10.1. The van der Waals surface area contributed by atoms with Gasteiger partial charge in [0.15, 0.2) is 5.78 Å². The molecule has 0 saturated heterocycles. The zero-order valence-electron chi connectivity index (χ0n) is 12.8. The quantitative estimate of drug-likeness (QED) is 0.487. The van der Waals surface area contributed by atoms with Gasteiger partial charge >= 0.3 is 0 Å². The van der Waals surface area contributed by atoms with Crippen LogP contribution in [0.25, 0.3) is 0 Å². The van der Waals surface area contributed by atoms with Gasteiger partial charge in [0.1, 0.15) is 11.3 Å². The van der Waals surface area contributed by atoms with Crippen LogP contribution in [-0.2, 0) is 0 Å². The molecule has 0 fully saturated rings. The number of nitrogens with one attached hydrogen (secondary N) is 1. The fraction of sp³-hybridized carbons (Fsp3) is 0.133. The van der Waals surface area contributed by atoms with Crippen molar-refractivity contribution in [1.82, 2.24) is 0 Å². The van der Waals surface area contributed by atoms with Crippen LogP contribution in [0.1, 0.15) is 43.8 Å². The van der Waals surface area contributed by atoms with E-state index in [9.17, 15) is 24.5 Å². The highest BCUT2D eigenvalue weighted by Gasteiger charge is 2.26. The summed E-state index contributed by atoms with van der Waals surface area (Å²) in [5.41, 5.74) is 4.98. The number of ketones is 1. The van der Waals surface area contributed by atoms with E-state index in [0.717, 1.165) is 12.1 Å². The zero-order chi connectivity index (χ0) is 18.0. The minimum atomic E-state index is -0.920. The number of primary amides is 1. The molecule has 9 heteroatoms. The Morgan fingerprint density at radius 1 is 1.17 bits per heavy atom. The second kappa shape index (κ2) is 6.32. The molecule has 0 bridgehead atoms. The third kappa shape index (κ3) is 3.14. The molecule has 0 radical (unpaired) electrons. The predicted molar refractivity (Wildman–Crippen MR) is 83.0 cm³/mol. The lowest BCUT2D eigenvalue weighted by Crippen LogP contribution is -2.19. The van der Waals surface area contributed by atoms with Gasteiger partial charge in [0.2, 0.25) is 5.88 Å². The van der Waals surface area contributed by atoms with Gasteiger partial charge in [0.05, 0.1) is 10.5 Å². The van der Waals surface area contributed by atoms with Gasteiger partial charge in [0.25, 0.3) is 17.5 Å². The molecule has 24 heavy (non-hydrogen) atoms. The fourth-order valence-corrected chi connectivity index (χ4v) is 2.20. The molecule has 0 aliphatic rings. The second-order valence-corrected chi connectivity index (χ2v) is 4.92. The smallest absolute Gasteiger partial charge is 0.269 e. The van der Waals surface area contributed by atoms with Gasteiger partial charge in [-0.15, -0.1) is 0 Å². The van der Waals surface area contributed by atoms with Gasteiger partial charge in [-0.2, -0.15) is 0 Å². The SMILES string of the molecule is CC(=O)c1c(C)oc(NC(=O)c2ccc([N+](=O)[O-])cc2)c1C(N)=O. The van der Waals surface area contributed by atoms with E-state index in [-0.39, 0.29) is 34.0 Å². The first kappa shape index (κ1) is 16.9. The van der Waals surface area contributed by atoms with Crippen LogP contribution in [-0.4, -0.2) is 22.5 Å². The molecule has 0 atom stereocenters. The van der Waals surface area contributed by atoms with Gasteiger partial charge in [-0.25, -0.2) is 0 Å². The number of anilines is 1. The van der Waals surface area contributed by atoms with E-state index in [2.05, 4.69) is 5.32 Å². The van der Waals surface area contributed by atoms with Crippen molar-refractivity contribution in [3.05, 3.63) is 56.8 Å². The van der Waals surface area contributed by atoms with Gasteiger partial charge in [-0.05, 0) is 26.0 Å². The van der Waals surface area contributed by atoms with Crippen LogP contribution >= 0.6 is 0 Å². The summed E-state index contributed by atoms with van der Waals surface area (Å²) in [5.74, 6) is -2.11. The number of furan rings is 1. The lowest BCUT2D eigenvalue weighted by molar-refractivity contribution is -0.384. The number of rotatable bonds is 5. The molecular weight excluding hydrogens is 318 g/mol. The zero-order valence-corrected chi connectivity index (χ0v) is 12.8. The molecule has 0 unspecified atom stereocenters. The highest BCUT2D eigenvalue weighted by molar-refractivity contribution is 6.13. The van der Waals surface area contributed by atoms with E-state index in [1.165, 1.54) is 26.0 Å². The first-order valence-corrected chi connectivity index (χ1v) is 6.72. The lowest BCUT2D eigenvalue weighted by Gasteiger charge is -2.04. The van der Waals surface area contributed by atoms with E-state index >= 15 is 0 Å². The van der Waals surface area contributed by atoms with Crippen molar-refractivity contribution in [2.75, 3.05) is 5.32 Å². The number of carbonyl (C=O) groups excluding carboxylic acids is 3. The van der Waals surface area contributed by atoms with E-state index < -0.39 is 22.5 Å². The number of aryl methyl sites for hydroxylation is 1. The molecular formula is C15H13N3O6. The number of amides is 2. The Morgan fingerprint density at radius 2 is 1.75 bits per heavy atom. The van der Waals surface area contributed by atoms with Crippen molar-refractivity contribution in [1.29, 1.82) is 0 Å². The third-order valence-electron chi connectivity index (χ3n) is 3.25. The van der Waals surface area contributed by atoms with Gasteiger partial charge < -0.3 is 10.2 Å². The summed E-state index contributed by atoms with van der Waals surface area (Å²) in [6.45, 7) is 2.71. The molecule has 1 aromatic carbocycles. The first-order chi connectivity index (χ1) is 11.2. The van der Waals surface area contributed by atoms with Gasteiger partial charge in [-0.1, -0.05) is 0 Å². The number of hydrogen-bond acceptors (Lipinski definition) is 6. The van der Waals surface area contributed by atoms with Crippen LogP contribution in [0, 0.1) is 17.0 Å². The highest BCUT2D eigenvalue weighted by atomic mass is 16.6. The van der Waals surface area contributed by atoms with E-state index in [1.54, 1.807) is 0 Å². The summed E-state index contributed by atoms with van der Waals surface area (Å²) < 4.78 is 5.26. The minimum absolute atomic E-state index is 0.00139. The Hall–Kier alpha value is -3.49. The van der Waals surface area contributed by atoms with Gasteiger partial charge in [-0.3, -0.25) is 29.8 Å². The number of Topliss-reactive ketones (excluding diaryl/α,β-unsaturated/α-hetero) is 1. The summed E-state index contributed by atoms with van der Waals surface area (Å²) in [6.07, 6.45) is 0. The van der Waals surface area contributed by atoms with E-state index in [4.69, 9.17) is 10.2 Å². The largest absolute Gasteiger partial charge is 0.444 e. The van der Waals surface area contributed by atoms with Crippen molar-refractivity contribution in [2.24, 2.45) is 5.73 Å². The number of nitro benzene ring substituents is 1. The predicted octanol–water partition coefficient (Wildman–Crippen LogP) is 2.05. The number of nitrogens with zero attached hydrogens (tertiary/aromatic N) is 1. The third-order valence-corrected chi connectivity index (χ3v) is 3.25. The molecule has 0 spiro atoms. The van der Waals surface area contributed by atoms with Gasteiger partial charge in [0, 0.05) is 17.7 Å². The normalized spacial score (nSPS) is 10.2.